The van der Waals surface area contributed by atoms with Crippen LogP contribution in [0.25, 0.3) is 0 Å². The molecule has 4 heteroatoms. The van der Waals surface area contributed by atoms with Gasteiger partial charge in [0.25, 0.3) is 0 Å². The molecule has 194 valence electrons. The fourth-order valence-electron chi connectivity index (χ4n) is 11.5. The maximum absolute atomic E-state index is 11.4. The van der Waals surface area contributed by atoms with E-state index in [0.717, 1.165) is 32.3 Å². The SMILES string of the molecule is CC(C)(O)[C@@H]1CC[C@@](C)([C@H]2CC[C@]3(C)C2CCC2[C@]45CC[C@](O)(OC4)C(C)(C)C5CC[C@]23C)O1. The van der Waals surface area contributed by atoms with Crippen molar-refractivity contribution < 1.29 is 19.7 Å². The molecule has 3 heterocycles. The van der Waals surface area contributed by atoms with Gasteiger partial charge in [0.1, 0.15) is 0 Å². The summed E-state index contributed by atoms with van der Waals surface area (Å²) in [5, 5.41) is 22.0. The fourth-order valence-corrected chi connectivity index (χ4v) is 11.5. The minimum atomic E-state index is -0.932. The van der Waals surface area contributed by atoms with Gasteiger partial charge in [-0.25, -0.2) is 0 Å². The molecule has 2 N–H and O–H groups in total. The highest BCUT2D eigenvalue weighted by atomic mass is 16.6. The van der Waals surface area contributed by atoms with Crippen LogP contribution < -0.4 is 0 Å². The third-order valence-corrected chi connectivity index (χ3v) is 13.7. The first-order chi connectivity index (χ1) is 15.6. The first kappa shape index (κ1) is 24.2. The van der Waals surface area contributed by atoms with E-state index in [1.807, 2.05) is 13.8 Å². The van der Waals surface area contributed by atoms with Gasteiger partial charge in [0, 0.05) is 17.3 Å². The van der Waals surface area contributed by atoms with Crippen molar-refractivity contribution >= 4 is 0 Å². The molecule has 1 spiro atoms. The average Bonchev–Trinajstić information content (AvgIpc) is 3.32. The molecule has 0 amide bonds. The topological polar surface area (TPSA) is 58.9 Å². The van der Waals surface area contributed by atoms with Crippen molar-refractivity contribution in [1.82, 2.24) is 0 Å². The van der Waals surface area contributed by atoms with Crippen LogP contribution in [0.1, 0.15) is 113 Å². The predicted octanol–water partition coefficient (Wildman–Crippen LogP) is 6.08. The van der Waals surface area contributed by atoms with Crippen molar-refractivity contribution in [3.05, 3.63) is 0 Å². The van der Waals surface area contributed by atoms with Crippen LogP contribution in [0, 0.1) is 45.3 Å². The number of rotatable bonds is 2. The lowest BCUT2D eigenvalue weighted by Gasteiger charge is -2.74. The molecule has 3 aliphatic heterocycles. The van der Waals surface area contributed by atoms with Crippen LogP contribution in [0.4, 0.5) is 0 Å². The molecule has 0 radical (unpaired) electrons. The Balaban J connectivity index is 1.32. The molecule has 7 fully saturated rings. The molecular weight excluding hydrogens is 424 g/mol. The third-order valence-electron chi connectivity index (χ3n) is 13.7. The largest absolute Gasteiger partial charge is 0.388 e. The van der Waals surface area contributed by atoms with Gasteiger partial charge in [0.05, 0.1) is 23.9 Å². The molecule has 4 saturated carbocycles. The Morgan fingerprint density at radius 2 is 1.44 bits per heavy atom. The van der Waals surface area contributed by atoms with Crippen LogP contribution in [0.3, 0.4) is 0 Å². The highest BCUT2D eigenvalue weighted by molar-refractivity contribution is 5.21. The zero-order valence-corrected chi connectivity index (χ0v) is 22.9. The molecule has 10 atom stereocenters. The lowest BCUT2D eigenvalue weighted by molar-refractivity contribution is -0.399. The summed E-state index contributed by atoms with van der Waals surface area (Å²) in [5.74, 6) is 1.60. The van der Waals surface area contributed by atoms with Gasteiger partial charge in [-0.2, -0.15) is 0 Å². The quantitative estimate of drug-likeness (QED) is 0.509. The normalized spacial score (nSPS) is 58.3. The molecule has 7 rings (SSSR count). The lowest BCUT2D eigenvalue weighted by atomic mass is 9.34. The lowest BCUT2D eigenvalue weighted by Crippen LogP contribution is -2.73. The van der Waals surface area contributed by atoms with Gasteiger partial charge in [0.15, 0.2) is 5.79 Å². The Bertz CT molecular complexity index is 850. The minimum Gasteiger partial charge on any atom is -0.388 e. The highest BCUT2D eigenvalue weighted by Crippen LogP contribution is 2.78. The summed E-state index contributed by atoms with van der Waals surface area (Å²) in [7, 11) is 0. The van der Waals surface area contributed by atoms with E-state index in [1.165, 1.54) is 38.5 Å². The molecule has 4 nitrogen and oxygen atoms in total. The second-order valence-electron chi connectivity index (χ2n) is 15.4. The highest BCUT2D eigenvalue weighted by Gasteiger charge is 2.75. The fraction of sp³-hybridized carbons (Fsp3) is 1.00. The molecule has 4 aliphatic carbocycles. The van der Waals surface area contributed by atoms with Crippen molar-refractivity contribution in [2.24, 2.45) is 45.3 Å². The van der Waals surface area contributed by atoms with E-state index in [-0.39, 0.29) is 22.5 Å². The van der Waals surface area contributed by atoms with Crippen LogP contribution >= 0.6 is 0 Å². The van der Waals surface area contributed by atoms with Gasteiger partial charge in [-0.1, -0.05) is 27.7 Å². The summed E-state index contributed by atoms with van der Waals surface area (Å²) in [6.45, 7) is 16.8. The second kappa shape index (κ2) is 6.83. The molecule has 34 heavy (non-hydrogen) atoms. The van der Waals surface area contributed by atoms with Crippen molar-refractivity contribution in [3.8, 4) is 0 Å². The van der Waals surface area contributed by atoms with Gasteiger partial charge < -0.3 is 19.7 Å². The van der Waals surface area contributed by atoms with E-state index < -0.39 is 11.4 Å². The number of hydrogen-bond acceptors (Lipinski definition) is 4. The predicted molar refractivity (Wildman–Crippen MR) is 133 cm³/mol. The summed E-state index contributed by atoms with van der Waals surface area (Å²) in [5.41, 5.74) is -0.168. The summed E-state index contributed by atoms with van der Waals surface area (Å²) in [4.78, 5) is 0. The van der Waals surface area contributed by atoms with Gasteiger partial charge >= 0.3 is 0 Å². The van der Waals surface area contributed by atoms with Gasteiger partial charge in [-0.05, 0) is 113 Å². The van der Waals surface area contributed by atoms with E-state index in [1.54, 1.807) is 0 Å². The standard InChI is InChI=1S/C30H50O4/c1-24(2)21-11-14-27(6)22(29(21)16-17-30(24,32)33-18-29)9-8-19-20(10-13-26(19,27)5)28(7)15-12-23(34-28)25(3,4)31/h19-23,31-32H,8-18H2,1-7H3/t19?,20-,21?,22?,23-,26+,27+,28-,29+,30-/m0/s1. The minimum absolute atomic E-state index is 0.0479. The average molecular weight is 475 g/mol. The maximum atomic E-state index is 11.4. The number of ether oxygens (including phenoxy) is 2. The van der Waals surface area contributed by atoms with Crippen molar-refractivity contribution in [2.45, 2.75) is 136 Å². The molecular formula is C30H50O4. The van der Waals surface area contributed by atoms with E-state index >= 15 is 0 Å². The molecule has 3 saturated heterocycles. The van der Waals surface area contributed by atoms with Crippen molar-refractivity contribution in [2.75, 3.05) is 6.61 Å². The molecule has 0 aromatic carbocycles. The zero-order chi connectivity index (χ0) is 24.6. The van der Waals surface area contributed by atoms with Gasteiger partial charge in [0.2, 0.25) is 0 Å². The Labute approximate surface area is 207 Å². The first-order valence-corrected chi connectivity index (χ1v) is 14.4. The first-order valence-electron chi connectivity index (χ1n) is 14.4. The smallest absolute Gasteiger partial charge is 0.170 e. The Hall–Kier alpha value is -0.160. The maximum Gasteiger partial charge on any atom is 0.170 e. The summed E-state index contributed by atoms with van der Waals surface area (Å²) in [6, 6.07) is 0. The molecule has 2 bridgehead atoms. The summed E-state index contributed by atoms with van der Waals surface area (Å²) >= 11 is 0. The van der Waals surface area contributed by atoms with Crippen molar-refractivity contribution in [3.63, 3.8) is 0 Å². The monoisotopic (exact) mass is 474 g/mol. The van der Waals surface area contributed by atoms with E-state index in [0.29, 0.717) is 34.5 Å². The van der Waals surface area contributed by atoms with E-state index in [4.69, 9.17) is 9.47 Å². The second-order valence-corrected chi connectivity index (χ2v) is 15.4. The molecule has 0 aromatic heterocycles. The number of hydrogen-bond donors (Lipinski definition) is 2. The van der Waals surface area contributed by atoms with Crippen LogP contribution in [0.15, 0.2) is 0 Å². The molecule has 0 aromatic rings. The molecule has 3 unspecified atom stereocenters. The number of aliphatic hydroxyl groups is 2. The van der Waals surface area contributed by atoms with Crippen molar-refractivity contribution in [1.29, 1.82) is 0 Å². The van der Waals surface area contributed by atoms with Gasteiger partial charge in [-0.15, -0.1) is 0 Å². The van der Waals surface area contributed by atoms with E-state index in [2.05, 4.69) is 34.6 Å². The Morgan fingerprint density at radius 3 is 2.06 bits per heavy atom. The van der Waals surface area contributed by atoms with Gasteiger partial charge in [-0.3, -0.25) is 0 Å². The van der Waals surface area contributed by atoms with Crippen LogP contribution in [-0.2, 0) is 9.47 Å². The zero-order valence-electron chi connectivity index (χ0n) is 22.9. The number of fused-ring (bicyclic) bond motifs is 5. The van der Waals surface area contributed by atoms with Crippen LogP contribution in [0.2, 0.25) is 0 Å². The summed E-state index contributed by atoms with van der Waals surface area (Å²) < 4.78 is 13.1. The molecule has 7 aliphatic rings. The van der Waals surface area contributed by atoms with Crippen LogP contribution in [-0.4, -0.2) is 39.9 Å². The Kier molecular flexibility index (Phi) is 4.86. The van der Waals surface area contributed by atoms with E-state index in [9.17, 15) is 10.2 Å². The summed E-state index contributed by atoms with van der Waals surface area (Å²) in [6.07, 6.45) is 11.6. The Morgan fingerprint density at radius 1 is 0.735 bits per heavy atom. The third kappa shape index (κ3) is 2.70. The van der Waals surface area contributed by atoms with Crippen LogP contribution in [0.5, 0.6) is 0 Å².